The average Bonchev–Trinajstić information content (AvgIpc) is 0.754. The molecule has 0 aromatic heterocycles. The molecule has 17 bridgehead atoms. The molecule has 0 radical (unpaired) electrons. The SMILES string of the molecule is CCCCCCCCCCN(Cc1c(O)cc2c(c1O)-c1cc(ccc1O)[C@H]1NC(=O)[C@@H]3NC(=O)[C@H]4NC(=O)[C@@H](Cc5ccc(c(Cl)c5)Oc5cc3cc(c5O)Oc3ccc(cc3Cl)[C@@H](O)[C@H](NC1=O)C(=O)N[C@@H]2C(=O)NCCCN(C)C)NC(=O)[C@@H](N)c1ccc(O)c(c1)Oc1cc(O)cc4c1)C(=O)[C@@H](N)CCCCN. The van der Waals surface area contributed by atoms with E-state index in [9.17, 15) is 45.3 Å². The molecular formula is C80H92Cl2N12O18. The number of nitrogens with one attached hydrogen (secondary N) is 7. The molecule has 0 spiro atoms. The number of rotatable bonds is 21. The summed E-state index contributed by atoms with van der Waals surface area (Å²) < 4.78 is 18.8. The fourth-order valence-electron chi connectivity index (χ4n) is 13.9. The number of hydrogen-bond acceptors (Lipinski definition) is 22. The normalized spacial score (nSPS) is 19.9. The monoisotopic (exact) mass is 1580 g/mol. The van der Waals surface area contributed by atoms with Crippen molar-refractivity contribution >= 4 is 70.5 Å². The lowest BCUT2D eigenvalue weighted by molar-refractivity contribution is -0.137. The predicted molar refractivity (Wildman–Crippen MR) is 412 cm³/mol. The second kappa shape index (κ2) is 36.4. The van der Waals surface area contributed by atoms with Crippen molar-refractivity contribution in [3.63, 3.8) is 0 Å². The fraction of sp³-hybridized carbons (Fsp3) is 0.375. The molecule has 30 nitrogen and oxygen atoms in total. The van der Waals surface area contributed by atoms with E-state index in [4.69, 9.17) is 54.6 Å². The van der Waals surface area contributed by atoms with Crippen LogP contribution in [0.3, 0.4) is 0 Å². The number of fused-ring (bicyclic) bond motifs is 14. The maximum atomic E-state index is 16.3. The molecule has 7 aromatic carbocycles. The Labute approximate surface area is 655 Å². The molecule has 6 heterocycles. The van der Waals surface area contributed by atoms with E-state index in [1.807, 2.05) is 19.0 Å². The van der Waals surface area contributed by atoms with E-state index in [-0.39, 0.29) is 97.9 Å². The van der Waals surface area contributed by atoms with Crippen LogP contribution in [-0.4, -0.2) is 151 Å². The van der Waals surface area contributed by atoms with Gasteiger partial charge in [-0.25, -0.2) is 0 Å². The molecule has 0 saturated heterocycles. The van der Waals surface area contributed by atoms with Gasteiger partial charge in [0.2, 0.25) is 53.0 Å². The number of nitrogens with two attached hydrogens (primary N) is 3. The summed E-state index contributed by atoms with van der Waals surface area (Å²) in [5, 5.41) is 104. The van der Waals surface area contributed by atoms with Crippen LogP contribution in [0.25, 0.3) is 11.1 Å². The molecule has 6 aliphatic rings. The molecule has 32 heteroatoms. The number of nitrogens with zero attached hydrogens (tertiary/aromatic N) is 2. The van der Waals surface area contributed by atoms with Crippen LogP contribution >= 0.6 is 23.2 Å². The van der Waals surface area contributed by atoms with Crippen LogP contribution in [0, 0.1) is 0 Å². The summed E-state index contributed by atoms with van der Waals surface area (Å²) in [6.45, 7) is 2.54. The van der Waals surface area contributed by atoms with Crippen molar-refractivity contribution < 1.29 is 88.3 Å². The zero-order valence-electron chi connectivity index (χ0n) is 61.8. The Bertz CT molecular complexity index is 4740. The van der Waals surface area contributed by atoms with E-state index in [1.165, 1.54) is 71.6 Å². The van der Waals surface area contributed by atoms with E-state index >= 15 is 28.8 Å². The van der Waals surface area contributed by atoms with Crippen LogP contribution in [0.1, 0.15) is 165 Å². The van der Waals surface area contributed by atoms with Gasteiger partial charge < -0.3 is 114 Å². The van der Waals surface area contributed by atoms with Gasteiger partial charge in [0.15, 0.2) is 23.0 Å². The third kappa shape index (κ3) is 19.1. The van der Waals surface area contributed by atoms with E-state index in [1.54, 1.807) is 0 Å². The average molecular weight is 1580 g/mol. The lowest BCUT2D eigenvalue weighted by atomic mass is 9.87. The number of hydrogen-bond donors (Lipinski definition) is 17. The molecule has 0 unspecified atom stereocenters. The number of halogens is 2. The van der Waals surface area contributed by atoms with Crippen LogP contribution in [-0.2, 0) is 51.3 Å². The fourth-order valence-corrected chi connectivity index (χ4v) is 14.4. The Balaban J connectivity index is 1.11. The molecule has 7 aromatic rings. The maximum Gasteiger partial charge on any atom is 0.248 e. The first-order valence-electron chi connectivity index (χ1n) is 37.1. The van der Waals surface area contributed by atoms with Crippen LogP contribution in [0.2, 0.25) is 10.0 Å². The van der Waals surface area contributed by atoms with Crippen LogP contribution in [0.4, 0.5) is 0 Å². The van der Waals surface area contributed by atoms with Crippen molar-refractivity contribution in [2.24, 2.45) is 17.2 Å². The second-order valence-electron chi connectivity index (χ2n) is 28.6. The first-order valence-corrected chi connectivity index (χ1v) is 37.8. The number of aliphatic hydroxyl groups excluding tert-OH is 1. The van der Waals surface area contributed by atoms with Gasteiger partial charge in [-0.2, -0.15) is 0 Å². The highest BCUT2D eigenvalue weighted by Gasteiger charge is 2.42. The summed E-state index contributed by atoms with van der Waals surface area (Å²) in [5.74, 6) is -14.6. The molecule has 112 heavy (non-hydrogen) atoms. The van der Waals surface area contributed by atoms with Gasteiger partial charge in [0, 0.05) is 36.7 Å². The predicted octanol–water partition coefficient (Wildman–Crippen LogP) is 7.89. The molecule has 0 saturated carbocycles. The largest absolute Gasteiger partial charge is 0.508 e. The summed E-state index contributed by atoms with van der Waals surface area (Å²) in [4.78, 5) is 126. The molecule has 8 amide bonds. The van der Waals surface area contributed by atoms with Gasteiger partial charge in [-0.1, -0.05) is 106 Å². The third-order valence-corrected chi connectivity index (χ3v) is 20.6. The topological polar surface area (TPSA) is 475 Å². The summed E-state index contributed by atoms with van der Waals surface area (Å²) in [6.07, 6.45) is 6.45. The zero-order chi connectivity index (χ0) is 80.4. The lowest BCUT2D eigenvalue weighted by Crippen LogP contribution is -2.56. The molecule has 0 fully saturated rings. The molecule has 13 rings (SSSR count). The number of carbonyl (C=O) groups is 8. The number of carbonyl (C=O) groups excluding carboxylic acids is 8. The van der Waals surface area contributed by atoms with Gasteiger partial charge in [-0.3, -0.25) is 38.4 Å². The van der Waals surface area contributed by atoms with Crippen molar-refractivity contribution in [2.45, 2.75) is 151 Å². The highest BCUT2D eigenvalue weighted by Crippen LogP contribution is 2.50. The summed E-state index contributed by atoms with van der Waals surface area (Å²) >= 11 is 14.0. The van der Waals surface area contributed by atoms with Crippen LogP contribution < -0.4 is 68.6 Å². The molecule has 20 N–H and O–H groups in total. The number of amides is 8. The number of phenols is 6. The molecule has 6 aliphatic heterocycles. The molecule has 0 aliphatic carbocycles. The van der Waals surface area contributed by atoms with Crippen molar-refractivity contribution in [3.8, 4) is 80.1 Å². The first-order chi connectivity index (χ1) is 53.6. The first kappa shape index (κ1) is 81.9. The Morgan fingerprint density at radius 1 is 0.562 bits per heavy atom. The minimum absolute atomic E-state index is 0.00847. The quantitative estimate of drug-likeness (QED) is 0.0304. The van der Waals surface area contributed by atoms with Gasteiger partial charge in [-0.15, -0.1) is 0 Å². The van der Waals surface area contributed by atoms with E-state index in [2.05, 4.69) is 44.1 Å². The molecule has 594 valence electrons. The summed E-state index contributed by atoms with van der Waals surface area (Å²) in [6, 6.07) is 6.98. The van der Waals surface area contributed by atoms with E-state index < -0.39 is 165 Å². The number of unbranched alkanes of at least 4 members (excludes halogenated alkanes) is 8. The lowest BCUT2D eigenvalue weighted by Gasteiger charge is -2.32. The minimum atomic E-state index is -2.21. The number of aromatic hydroxyl groups is 6. The Morgan fingerprint density at radius 3 is 1.84 bits per heavy atom. The molecule has 9 atom stereocenters. The molecular weight excluding hydrogens is 1490 g/mol. The Hall–Kier alpha value is -11.1. The van der Waals surface area contributed by atoms with Gasteiger partial charge in [0.05, 0.1) is 28.2 Å². The van der Waals surface area contributed by atoms with Gasteiger partial charge in [0.25, 0.3) is 0 Å². The highest BCUT2D eigenvalue weighted by atomic mass is 35.5. The zero-order valence-corrected chi connectivity index (χ0v) is 63.3. The van der Waals surface area contributed by atoms with E-state index in [0.29, 0.717) is 50.8 Å². The van der Waals surface area contributed by atoms with Crippen molar-refractivity contribution in [1.29, 1.82) is 0 Å². The Morgan fingerprint density at radius 2 is 1.17 bits per heavy atom. The minimum Gasteiger partial charge on any atom is -0.508 e. The second-order valence-corrected chi connectivity index (χ2v) is 29.4. The smallest absolute Gasteiger partial charge is 0.248 e. The van der Waals surface area contributed by atoms with Gasteiger partial charge >= 0.3 is 0 Å². The maximum absolute atomic E-state index is 16.3. The van der Waals surface area contributed by atoms with Crippen LogP contribution in [0.5, 0.6) is 69.0 Å². The number of phenolic OH excluding ortho intramolecular Hbond substituents is 6. The van der Waals surface area contributed by atoms with Gasteiger partial charge in [0.1, 0.15) is 88.6 Å². The summed E-state index contributed by atoms with van der Waals surface area (Å²) in [7, 11) is 3.63. The summed E-state index contributed by atoms with van der Waals surface area (Å²) in [5.41, 5.74) is 16.8. The Kier molecular flexibility index (Phi) is 26.6. The van der Waals surface area contributed by atoms with Crippen LogP contribution in [0.15, 0.2) is 109 Å². The number of ether oxygens (including phenoxy) is 3. The third-order valence-electron chi connectivity index (χ3n) is 20.1. The van der Waals surface area contributed by atoms with Crippen molar-refractivity contribution in [3.05, 3.63) is 164 Å². The standard InChI is InChI=1S/C80H92Cl2N12O18/c1-4-5-6-7-8-9-10-13-27-94(80(109)53(84)15-11-12-24-83)39-50-57(98)38-49-63(71(50)100)48-32-42(18-20-55(48)96)65-76(105)92-69(79(108)91-68(49)75(104)86-25-14-26-93(2)3)70(99)43-19-23-59(52(82)33-43)112-62-36-45-35-61(72(62)101)111-58-22-16-40(28-51(58)81)29-54-73(102)88-66(77(106)90-67(45)78(107)89-65)44-30-46(95)37-47(31-44)110-60-34-41(17-21-56(60)97)64(85)74(103)87-54/h16-23,28,30-38,53-54,64-70,95-101H,4-15,24-27,29,39,83-85H2,1-3H3,(H,86,104)(H,87,103)(H,88,102)(H,89,107)(H,90,106)(H,91,108)(H,92,105)/t53-,54+,64-,65+,66-,67+,68-,69-,70+/m0/s1. The highest BCUT2D eigenvalue weighted by molar-refractivity contribution is 6.32. The van der Waals surface area contributed by atoms with Gasteiger partial charge in [-0.05, 0) is 171 Å². The van der Waals surface area contributed by atoms with E-state index in [0.717, 1.165) is 81.0 Å². The number of aliphatic hydroxyl groups is 1. The van der Waals surface area contributed by atoms with Crippen molar-refractivity contribution in [2.75, 3.05) is 40.3 Å². The van der Waals surface area contributed by atoms with Crippen molar-refractivity contribution in [1.82, 2.24) is 47.0 Å². The number of benzene rings is 7.